The molecule has 11 rings (SSSR count). The molecule has 0 unspecified atom stereocenters. The van der Waals surface area contributed by atoms with E-state index in [9.17, 15) is 0 Å². The molecule has 0 aliphatic rings. The molecule has 3 heterocycles. The predicted octanol–water partition coefficient (Wildman–Crippen LogP) is 14.1. The van der Waals surface area contributed by atoms with Crippen LogP contribution in [0.2, 0.25) is 0 Å². The lowest BCUT2D eigenvalue weighted by atomic mass is 9.97. The minimum absolute atomic E-state index is 0.562. The first-order valence-electron chi connectivity index (χ1n) is 18.7. The summed E-state index contributed by atoms with van der Waals surface area (Å²) in [5.41, 5.74) is 11.2. The molecule has 0 saturated heterocycles. The van der Waals surface area contributed by atoms with Gasteiger partial charge in [0, 0.05) is 53.2 Å². The Morgan fingerprint density at radius 1 is 0.321 bits per heavy atom. The van der Waals surface area contributed by atoms with Crippen molar-refractivity contribution in [2.75, 3.05) is 0 Å². The third-order valence-electron chi connectivity index (χ3n) is 10.6. The van der Waals surface area contributed by atoms with Crippen LogP contribution in [0.15, 0.2) is 192 Å². The Kier molecular flexibility index (Phi) is 7.64. The summed E-state index contributed by atoms with van der Waals surface area (Å²) in [6.07, 6.45) is 0. The van der Waals surface area contributed by atoms with Crippen LogP contribution in [-0.2, 0) is 0 Å². The first-order chi connectivity index (χ1) is 27.8. The molecule has 0 amide bonds. The van der Waals surface area contributed by atoms with Gasteiger partial charge in [0.25, 0.3) is 0 Å². The Bertz CT molecular complexity index is 3230. The van der Waals surface area contributed by atoms with E-state index in [1.807, 2.05) is 47.7 Å². The van der Waals surface area contributed by atoms with Gasteiger partial charge in [0.15, 0.2) is 17.5 Å². The van der Waals surface area contributed by atoms with Gasteiger partial charge in [0.1, 0.15) is 11.2 Å². The Labute approximate surface area is 327 Å². The highest BCUT2D eigenvalue weighted by molar-refractivity contribution is 7.26. The van der Waals surface area contributed by atoms with Gasteiger partial charge in [0.2, 0.25) is 0 Å². The van der Waals surface area contributed by atoms with E-state index in [2.05, 4.69) is 152 Å². The van der Waals surface area contributed by atoms with E-state index < -0.39 is 0 Å². The predicted molar refractivity (Wildman–Crippen MR) is 233 cm³/mol. The standard InChI is InChI=1S/C51H31N3OS/c1-4-14-32(15-5-1)33-28-30-36(31-29-33)50-52-49(35-18-8-3-9-19-35)53-51(54-50)43-26-11-22-39-38-21-10-23-40(46(38)55-47(39)43)41-24-12-25-42-45-37(34-16-6-2-7-17-34)20-13-27-44(45)56-48(41)42/h1-31H. The van der Waals surface area contributed by atoms with Crippen molar-refractivity contribution in [3.05, 3.63) is 188 Å². The zero-order valence-electron chi connectivity index (χ0n) is 30.1. The highest BCUT2D eigenvalue weighted by Crippen LogP contribution is 2.46. The summed E-state index contributed by atoms with van der Waals surface area (Å²) in [4.78, 5) is 15.2. The van der Waals surface area contributed by atoms with Gasteiger partial charge in [-0.15, -0.1) is 11.3 Å². The van der Waals surface area contributed by atoms with Gasteiger partial charge in [0.05, 0.1) is 5.56 Å². The fourth-order valence-corrected chi connectivity index (χ4v) is 9.17. The van der Waals surface area contributed by atoms with Gasteiger partial charge in [-0.1, -0.05) is 176 Å². The molecule has 0 N–H and O–H groups in total. The maximum Gasteiger partial charge on any atom is 0.167 e. The summed E-state index contributed by atoms with van der Waals surface area (Å²) >= 11 is 1.84. The summed E-state index contributed by atoms with van der Waals surface area (Å²) in [5, 5.41) is 4.61. The maximum absolute atomic E-state index is 7.00. The zero-order chi connectivity index (χ0) is 37.0. The van der Waals surface area contributed by atoms with Crippen LogP contribution in [0.5, 0.6) is 0 Å². The van der Waals surface area contributed by atoms with Crippen LogP contribution in [0, 0.1) is 0 Å². The molecule has 262 valence electrons. The third-order valence-corrected chi connectivity index (χ3v) is 11.8. The molecule has 0 radical (unpaired) electrons. The number of rotatable bonds is 6. The number of hydrogen-bond donors (Lipinski definition) is 0. The second-order valence-electron chi connectivity index (χ2n) is 13.9. The quantitative estimate of drug-likeness (QED) is 0.171. The second kappa shape index (κ2) is 13.3. The molecule has 0 aliphatic heterocycles. The van der Waals surface area contributed by atoms with Crippen molar-refractivity contribution in [3.8, 4) is 67.5 Å². The summed E-state index contributed by atoms with van der Waals surface area (Å²) in [5.74, 6) is 1.78. The van der Waals surface area contributed by atoms with Crippen LogP contribution in [0.1, 0.15) is 0 Å². The molecule has 0 fully saturated rings. The second-order valence-corrected chi connectivity index (χ2v) is 15.0. The van der Waals surface area contributed by atoms with Crippen LogP contribution in [0.4, 0.5) is 0 Å². The van der Waals surface area contributed by atoms with Crippen molar-refractivity contribution in [2.24, 2.45) is 0 Å². The fraction of sp³-hybridized carbons (Fsp3) is 0. The minimum Gasteiger partial charge on any atom is -0.455 e. The Balaban J connectivity index is 1.08. The highest BCUT2D eigenvalue weighted by Gasteiger charge is 2.21. The molecule has 0 spiro atoms. The topological polar surface area (TPSA) is 51.8 Å². The van der Waals surface area contributed by atoms with Crippen LogP contribution in [0.3, 0.4) is 0 Å². The van der Waals surface area contributed by atoms with Crippen molar-refractivity contribution >= 4 is 53.4 Å². The zero-order valence-corrected chi connectivity index (χ0v) is 30.9. The summed E-state index contributed by atoms with van der Waals surface area (Å²) in [6.45, 7) is 0. The number of hydrogen-bond acceptors (Lipinski definition) is 5. The minimum atomic E-state index is 0.562. The molecule has 0 aliphatic carbocycles. The van der Waals surface area contributed by atoms with E-state index in [4.69, 9.17) is 19.4 Å². The first kappa shape index (κ1) is 32.2. The maximum atomic E-state index is 7.00. The molecule has 4 nitrogen and oxygen atoms in total. The summed E-state index contributed by atoms with van der Waals surface area (Å²) in [7, 11) is 0. The van der Waals surface area contributed by atoms with Crippen molar-refractivity contribution in [1.29, 1.82) is 0 Å². The number of benzene rings is 8. The van der Waals surface area contributed by atoms with Gasteiger partial charge in [-0.25, -0.2) is 15.0 Å². The molecule has 5 heteroatoms. The number of aromatic nitrogens is 3. The monoisotopic (exact) mass is 733 g/mol. The normalized spacial score (nSPS) is 11.6. The third kappa shape index (κ3) is 5.40. The summed E-state index contributed by atoms with van der Waals surface area (Å²) < 4.78 is 9.51. The van der Waals surface area contributed by atoms with Gasteiger partial charge in [-0.2, -0.15) is 0 Å². The molecule has 8 aromatic carbocycles. The smallest absolute Gasteiger partial charge is 0.167 e. The van der Waals surface area contributed by atoms with E-state index in [1.54, 1.807) is 0 Å². The van der Waals surface area contributed by atoms with Crippen molar-refractivity contribution < 1.29 is 4.42 Å². The molecule has 11 aromatic rings. The first-order valence-corrected chi connectivity index (χ1v) is 19.5. The lowest BCUT2D eigenvalue weighted by Crippen LogP contribution is -2.00. The van der Waals surface area contributed by atoms with Crippen LogP contribution in [-0.4, -0.2) is 15.0 Å². The summed E-state index contributed by atoms with van der Waals surface area (Å²) in [6, 6.07) is 65.5. The molecular formula is C51H31N3OS. The fourth-order valence-electron chi connectivity index (χ4n) is 7.91. The average molecular weight is 734 g/mol. The molecule has 3 aromatic heterocycles. The van der Waals surface area contributed by atoms with E-state index >= 15 is 0 Å². The van der Waals surface area contributed by atoms with Crippen molar-refractivity contribution in [1.82, 2.24) is 15.0 Å². The number of furan rings is 1. The number of fused-ring (bicyclic) bond motifs is 6. The molecule has 0 bridgehead atoms. The van der Waals surface area contributed by atoms with E-state index in [-0.39, 0.29) is 0 Å². The molecule has 0 saturated carbocycles. The number of nitrogens with zero attached hydrogens (tertiary/aromatic N) is 3. The van der Waals surface area contributed by atoms with Crippen molar-refractivity contribution in [3.63, 3.8) is 0 Å². The number of thiophene rings is 1. The van der Waals surface area contributed by atoms with Gasteiger partial charge in [-0.05, 0) is 34.4 Å². The van der Waals surface area contributed by atoms with Gasteiger partial charge in [-0.3, -0.25) is 0 Å². The largest absolute Gasteiger partial charge is 0.455 e. The SMILES string of the molecule is c1ccc(-c2ccc(-c3nc(-c4ccccc4)nc(-c4cccc5c4oc4c(-c6cccc7c6sc6cccc(-c8ccccc8)c67)cccc45)n3)cc2)cc1. The average Bonchev–Trinajstić information content (AvgIpc) is 3.86. The van der Waals surface area contributed by atoms with Crippen LogP contribution < -0.4 is 0 Å². The molecule has 0 atom stereocenters. The Morgan fingerprint density at radius 3 is 1.46 bits per heavy atom. The van der Waals surface area contributed by atoms with E-state index in [0.29, 0.717) is 17.5 Å². The van der Waals surface area contributed by atoms with Crippen LogP contribution in [0.25, 0.3) is 110 Å². The Hall–Kier alpha value is -7.21. The highest BCUT2D eigenvalue weighted by atomic mass is 32.1. The number of para-hydroxylation sites is 2. The molecule has 56 heavy (non-hydrogen) atoms. The molecular weight excluding hydrogens is 703 g/mol. The lowest BCUT2D eigenvalue weighted by Gasteiger charge is -2.09. The van der Waals surface area contributed by atoms with Gasteiger partial charge >= 0.3 is 0 Å². The van der Waals surface area contributed by atoms with E-state index in [0.717, 1.165) is 60.9 Å². The lowest BCUT2D eigenvalue weighted by molar-refractivity contribution is 0.670. The Morgan fingerprint density at radius 2 is 0.786 bits per heavy atom. The van der Waals surface area contributed by atoms with Gasteiger partial charge < -0.3 is 4.42 Å². The van der Waals surface area contributed by atoms with Crippen LogP contribution >= 0.6 is 11.3 Å². The van der Waals surface area contributed by atoms with E-state index in [1.165, 1.54) is 31.3 Å². The van der Waals surface area contributed by atoms with Crippen molar-refractivity contribution in [2.45, 2.75) is 0 Å².